The maximum absolute atomic E-state index is 12.5. The van der Waals surface area contributed by atoms with E-state index < -0.39 is 10.2 Å². The highest BCUT2D eigenvalue weighted by Gasteiger charge is 2.34. The molecule has 7 heteroatoms. The van der Waals surface area contributed by atoms with Gasteiger partial charge in [-0.3, -0.25) is 4.79 Å². The number of carbonyl (C=O) groups is 1. The molecule has 1 aliphatic heterocycles. The molecule has 0 unspecified atom stereocenters. The third-order valence-corrected chi connectivity index (χ3v) is 6.69. The Labute approximate surface area is 134 Å². The van der Waals surface area contributed by atoms with Crippen molar-refractivity contribution in [2.24, 2.45) is 5.92 Å². The Morgan fingerprint density at radius 2 is 1.82 bits per heavy atom. The smallest absolute Gasteiger partial charge is 0.279 e. The first-order chi connectivity index (χ1) is 10.3. The van der Waals surface area contributed by atoms with Crippen molar-refractivity contribution in [2.45, 2.75) is 64.5 Å². The molecule has 6 nitrogen and oxygen atoms in total. The van der Waals surface area contributed by atoms with E-state index in [1.807, 2.05) is 18.7 Å². The molecule has 2 rings (SSSR count). The highest BCUT2D eigenvalue weighted by molar-refractivity contribution is 7.87. The molecule has 1 atom stereocenters. The topological polar surface area (TPSA) is 69.7 Å². The van der Waals surface area contributed by atoms with Gasteiger partial charge in [-0.15, -0.1) is 0 Å². The fourth-order valence-corrected chi connectivity index (χ4v) is 4.57. The van der Waals surface area contributed by atoms with Gasteiger partial charge < -0.3 is 4.90 Å². The van der Waals surface area contributed by atoms with E-state index in [0.717, 1.165) is 25.7 Å². The third-order valence-electron chi connectivity index (χ3n) is 4.88. The average Bonchev–Trinajstić information content (AvgIpc) is 2.94. The lowest BCUT2D eigenvalue weighted by molar-refractivity contribution is -0.135. The van der Waals surface area contributed by atoms with Crippen LogP contribution in [0.1, 0.15) is 52.4 Å². The van der Waals surface area contributed by atoms with Crippen molar-refractivity contribution in [2.75, 3.05) is 20.1 Å². The zero-order valence-corrected chi connectivity index (χ0v) is 14.7. The largest absolute Gasteiger partial charge is 0.341 e. The summed E-state index contributed by atoms with van der Waals surface area (Å²) in [6, 6.07) is -0.252. The van der Waals surface area contributed by atoms with Crippen LogP contribution in [0, 0.1) is 5.92 Å². The minimum absolute atomic E-state index is 0.0844. The summed E-state index contributed by atoms with van der Waals surface area (Å²) in [6.45, 7) is 4.84. The average molecular weight is 331 g/mol. The lowest BCUT2D eigenvalue weighted by Crippen LogP contribution is -2.47. The fraction of sp³-hybridized carbons (Fsp3) is 0.933. The molecule has 1 saturated heterocycles. The van der Waals surface area contributed by atoms with E-state index in [9.17, 15) is 13.2 Å². The van der Waals surface area contributed by atoms with Gasteiger partial charge in [0, 0.05) is 38.1 Å². The Hall–Kier alpha value is -0.660. The van der Waals surface area contributed by atoms with E-state index in [1.165, 1.54) is 10.7 Å². The highest BCUT2D eigenvalue weighted by atomic mass is 32.2. The second-order valence-corrected chi connectivity index (χ2v) is 8.60. The summed E-state index contributed by atoms with van der Waals surface area (Å²) in [4.78, 5) is 14.3. The van der Waals surface area contributed by atoms with Crippen LogP contribution in [-0.2, 0) is 15.0 Å². The minimum Gasteiger partial charge on any atom is -0.341 e. The lowest BCUT2D eigenvalue weighted by Gasteiger charge is -2.27. The van der Waals surface area contributed by atoms with E-state index >= 15 is 0 Å². The van der Waals surface area contributed by atoms with Crippen LogP contribution in [0.3, 0.4) is 0 Å². The lowest BCUT2D eigenvalue weighted by atomic mass is 9.88. The van der Waals surface area contributed by atoms with Crippen LogP contribution in [-0.4, -0.2) is 55.8 Å². The molecule has 0 radical (unpaired) electrons. The van der Waals surface area contributed by atoms with Crippen LogP contribution in [0.5, 0.6) is 0 Å². The van der Waals surface area contributed by atoms with Crippen LogP contribution in [0.15, 0.2) is 0 Å². The second-order valence-electron chi connectivity index (χ2n) is 6.84. The van der Waals surface area contributed by atoms with Crippen LogP contribution in [0.25, 0.3) is 0 Å². The summed E-state index contributed by atoms with van der Waals surface area (Å²) in [7, 11) is -1.90. The van der Waals surface area contributed by atoms with Gasteiger partial charge in [-0.05, 0) is 33.1 Å². The summed E-state index contributed by atoms with van der Waals surface area (Å²) in [5.74, 6) is 0.376. The molecule has 2 fully saturated rings. The molecular formula is C15H29N3O3S. The Balaban J connectivity index is 1.88. The van der Waals surface area contributed by atoms with E-state index in [2.05, 4.69) is 4.72 Å². The minimum atomic E-state index is -3.47. The summed E-state index contributed by atoms with van der Waals surface area (Å²) < 4.78 is 28.5. The molecule has 0 aromatic heterocycles. The highest BCUT2D eigenvalue weighted by Crippen LogP contribution is 2.27. The maximum Gasteiger partial charge on any atom is 0.279 e. The number of hydrogen-bond donors (Lipinski definition) is 1. The molecule has 1 amide bonds. The molecule has 1 heterocycles. The SMILES string of the molecule is CC(C)N(C)S(=O)(=O)N[C@@H]1CCN(C(=O)C2CCCCC2)C1. The van der Waals surface area contributed by atoms with E-state index in [1.54, 1.807) is 7.05 Å². The van der Waals surface area contributed by atoms with Crippen molar-refractivity contribution < 1.29 is 13.2 Å². The fourth-order valence-electron chi connectivity index (χ4n) is 3.24. The predicted molar refractivity (Wildman–Crippen MR) is 86.5 cm³/mol. The number of hydrogen-bond acceptors (Lipinski definition) is 3. The molecule has 1 N–H and O–H groups in total. The second kappa shape index (κ2) is 7.27. The monoisotopic (exact) mass is 331 g/mol. The van der Waals surface area contributed by atoms with Crippen molar-refractivity contribution >= 4 is 16.1 Å². The number of nitrogens with one attached hydrogen (secondary N) is 1. The van der Waals surface area contributed by atoms with Gasteiger partial charge in [0.25, 0.3) is 10.2 Å². The van der Waals surface area contributed by atoms with Gasteiger partial charge in [0.1, 0.15) is 0 Å². The molecular weight excluding hydrogens is 302 g/mol. The Kier molecular flexibility index (Phi) is 5.85. The molecule has 128 valence electrons. The van der Waals surface area contributed by atoms with Gasteiger partial charge in [0.15, 0.2) is 0 Å². The zero-order valence-electron chi connectivity index (χ0n) is 13.9. The number of rotatable bonds is 5. The Morgan fingerprint density at radius 1 is 1.18 bits per heavy atom. The number of nitrogens with zero attached hydrogens (tertiary/aromatic N) is 2. The predicted octanol–water partition coefficient (Wildman–Crippen LogP) is 1.34. The van der Waals surface area contributed by atoms with Crippen LogP contribution >= 0.6 is 0 Å². The van der Waals surface area contributed by atoms with Gasteiger partial charge in [-0.25, -0.2) is 0 Å². The Bertz CT molecular complexity index is 486. The van der Waals surface area contributed by atoms with Crippen molar-refractivity contribution in [1.82, 2.24) is 13.9 Å². The molecule has 1 saturated carbocycles. The maximum atomic E-state index is 12.5. The van der Waals surface area contributed by atoms with E-state index in [4.69, 9.17) is 0 Å². The molecule has 0 aromatic rings. The van der Waals surface area contributed by atoms with E-state index in [-0.39, 0.29) is 23.9 Å². The summed E-state index contributed by atoms with van der Waals surface area (Å²) >= 11 is 0. The van der Waals surface area contributed by atoms with Gasteiger partial charge in [0.2, 0.25) is 5.91 Å². The molecule has 2 aliphatic rings. The number of carbonyl (C=O) groups excluding carboxylic acids is 1. The molecule has 0 aromatic carbocycles. The zero-order chi connectivity index (χ0) is 16.3. The Morgan fingerprint density at radius 3 is 2.41 bits per heavy atom. The number of likely N-dealkylation sites (tertiary alicyclic amines) is 1. The molecule has 0 bridgehead atoms. The number of amides is 1. The third kappa shape index (κ3) is 4.20. The summed E-state index contributed by atoms with van der Waals surface area (Å²) in [5, 5.41) is 0. The van der Waals surface area contributed by atoms with Crippen LogP contribution in [0.4, 0.5) is 0 Å². The van der Waals surface area contributed by atoms with Gasteiger partial charge in [0.05, 0.1) is 0 Å². The molecule has 1 aliphatic carbocycles. The van der Waals surface area contributed by atoms with Gasteiger partial charge >= 0.3 is 0 Å². The summed E-state index contributed by atoms with van der Waals surface area (Å²) in [5.41, 5.74) is 0. The standard InChI is InChI=1S/C15H29N3O3S/c1-12(2)17(3)22(20,21)16-14-9-10-18(11-14)15(19)13-7-5-4-6-8-13/h12-14,16H,4-11H2,1-3H3/t14-/m1/s1. The first-order valence-corrected chi connectivity index (χ1v) is 9.79. The van der Waals surface area contributed by atoms with E-state index in [0.29, 0.717) is 19.5 Å². The van der Waals surface area contributed by atoms with Crippen molar-refractivity contribution in [3.63, 3.8) is 0 Å². The van der Waals surface area contributed by atoms with Crippen molar-refractivity contribution in [3.8, 4) is 0 Å². The van der Waals surface area contributed by atoms with Crippen molar-refractivity contribution in [1.29, 1.82) is 0 Å². The normalized spacial score (nSPS) is 24.4. The van der Waals surface area contributed by atoms with Gasteiger partial charge in [-0.2, -0.15) is 17.4 Å². The molecule has 0 spiro atoms. The quantitative estimate of drug-likeness (QED) is 0.826. The summed E-state index contributed by atoms with van der Waals surface area (Å²) in [6.07, 6.45) is 6.18. The molecule has 22 heavy (non-hydrogen) atoms. The van der Waals surface area contributed by atoms with Crippen LogP contribution < -0.4 is 4.72 Å². The first kappa shape index (κ1) is 17.7. The first-order valence-electron chi connectivity index (χ1n) is 8.35. The van der Waals surface area contributed by atoms with Gasteiger partial charge in [-0.1, -0.05) is 19.3 Å². The van der Waals surface area contributed by atoms with Crippen molar-refractivity contribution in [3.05, 3.63) is 0 Å². The van der Waals surface area contributed by atoms with Crippen LogP contribution in [0.2, 0.25) is 0 Å².